The van der Waals surface area contributed by atoms with E-state index in [2.05, 4.69) is 0 Å². The van der Waals surface area contributed by atoms with Crippen molar-refractivity contribution in [2.24, 2.45) is 17.8 Å². The highest BCUT2D eigenvalue weighted by Gasteiger charge is 2.57. The lowest BCUT2D eigenvalue weighted by atomic mass is 9.55. The van der Waals surface area contributed by atoms with Crippen LogP contribution < -0.4 is 4.74 Å². The molecule has 0 radical (unpaired) electrons. The van der Waals surface area contributed by atoms with E-state index in [0.29, 0.717) is 48.5 Å². The zero-order chi connectivity index (χ0) is 23.8. The standard InChI is InChI=1S/C25H28BNO7/c1-2-10-27-24(29)19-11-15(14-32-16-6-4-3-5-7-16)23-18(22(19)25(27)30)12-21(34-26(23)31)20-9-8-17(13-28)33-20/h3-9,18-19,21-22,28,31H,2,10-14H2,1H3/t18-,19-,21-,22+/m0/s1. The Morgan fingerprint density at radius 1 is 1.12 bits per heavy atom. The number of allylic oxidation sites excluding steroid dienone is 1. The first-order valence-electron chi connectivity index (χ1n) is 11.8. The van der Waals surface area contributed by atoms with Crippen LogP contribution in [0.3, 0.4) is 0 Å². The molecule has 0 bridgehead atoms. The molecule has 34 heavy (non-hydrogen) atoms. The van der Waals surface area contributed by atoms with Gasteiger partial charge in [0, 0.05) is 6.54 Å². The second kappa shape index (κ2) is 9.41. The number of rotatable bonds is 7. The van der Waals surface area contributed by atoms with Crippen molar-refractivity contribution in [1.29, 1.82) is 0 Å². The molecule has 9 heteroatoms. The lowest BCUT2D eigenvalue weighted by molar-refractivity contribution is -0.140. The van der Waals surface area contributed by atoms with E-state index in [1.54, 1.807) is 12.1 Å². The zero-order valence-electron chi connectivity index (χ0n) is 19.1. The quantitative estimate of drug-likeness (QED) is 0.478. The van der Waals surface area contributed by atoms with Crippen LogP contribution in [-0.4, -0.2) is 47.1 Å². The molecule has 3 heterocycles. The van der Waals surface area contributed by atoms with Crippen LogP contribution >= 0.6 is 0 Å². The van der Waals surface area contributed by atoms with Gasteiger partial charge < -0.3 is 23.9 Å². The van der Waals surface area contributed by atoms with Crippen molar-refractivity contribution in [2.45, 2.75) is 38.9 Å². The fraction of sp³-hybridized carbons (Fsp3) is 0.440. The van der Waals surface area contributed by atoms with Gasteiger partial charge in [0.05, 0.1) is 11.8 Å². The van der Waals surface area contributed by atoms with Gasteiger partial charge in [0.1, 0.15) is 36.6 Å². The minimum atomic E-state index is -1.25. The second-order valence-electron chi connectivity index (χ2n) is 9.11. The number of carbonyl (C=O) groups excluding carboxylic acids is 2. The number of para-hydroxylation sites is 1. The van der Waals surface area contributed by atoms with Crippen molar-refractivity contribution >= 4 is 18.9 Å². The predicted molar refractivity (Wildman–Crippen MR) is 122 cm³/mol. The van der Waals surface area contributed by atoms with Gasteiger partial charge in [-0.05, 0) is 60.5 Å². The van der Waals surface area contributed by atoms with Gasteiger partial charge >= 0.3 is 7.12 Å². The highest BCUT2D eigenvalue weighted by atomic mass is 16.5. The van der Waals surface area contributed by atoms with E-state index < -0.39 is 25.1 Å². The minimum absolute atomic E-state index is 0.147. The number of furan rings is 1. The molecule has 3 aliphatic rings. The highest BCUT2D eigenvalue weighted by molar-refractivity contribution is 6.53. The fourth-order valence-electron chi connectivity index (χ4n) is 5.58. The number of hydrogen-bond donors (Lipinski definition) is 2. The summed E-state index contributed by atoms with van der Waals surface area (Å²) in [7, 11) is -1.25. The van der Waals surface area contributed by atoms with E-state index in [-0.39, 0.29) is 30.9 Å². The van der Waals surface area contributed by atoms with Crippen LogP contribution in [0, 0.1) is 17.8 Å². The zero-order valence-corrected chi connectivity index (χ0v) is 19.1. The van der Waals surface area contributed by atoms with Crippen LogP contribution in [0.2, 0.25) is 0 Å². The predicted octanol–water partition coefficient (Wildman–Crippen LogP) is 2.66. The average molecular weight is 465 g/mol. The number of likely N-dealkylation sites (tertiary alicyclic amines) is 1. The summed E-state index contributed by atoms with van der Waals surface area (Å²) in [6.45, 7) is 2.29. The van der Waals surface area contributed by atoms with Crippen LogP contribution in [0.25, 0.3) is 0 Å². The van der Waals surface area contributed by atoms with E-state index in [4.69, 9.17) is 13.8 Å². The van der Waals surface area contributed by atoms with Crippen molar-refractivity contribution in [3.63, 3.8) is 0 Å². The lowest BCUT2D eigenvalue weighted by Crippen LogP contribution is -2.45. The Hall–Kier alpha value is -2.88. The summed E-state index contributed by atoms with van der Waals surface area (Å²) in [5.74, 6) is -0.144. The van der Waals surface area contributed by atoms with Crippen LogP contribution in [-0.2, 0) is 20.9 Å². The van der Waals surface area contributed by atoms with Crippen LogP contribution in [0.1, 0.15) is 43.8 Å². The minimum Gasteiger partial charge on any atom is -0.489 e. The molecule has 1 aliphatic carbocycles. The molecule has 0 spiro atoms. The monoisotopic (exact) mass is 465 g/mol. The fourth-order valence-corrected chi connectivity index (χ4v) is 5.58. The summed E-state index contributed by atoms with van der Waals surface area (Å²) in [4.78, 5) is 27.9. The smallest absolute Gasteiger partial charge is 0.487 e. The Morgan fingerprint density at radius 3 is 2.62 bits per heavy atom. The van der Waals surface area contributed by atoms with Gasteiger partial charge in [-0.3, -0.25) is 14.5 Å². The molecule has 178 valence electrons. The summed E-state index contributed by atoms with van der Waals surface area (Å²) in [6, 6.07) is 12.7. The average Bonchev–Trinajstić information content (AvgIpc) is 3.42. The first-order valence-corrected chi connectivity index (χ1v) is 11.8. The van der Waals surface area contributed by atoms with Gasteiger partial charge in [0.25, 0.3) is 0 Å². The number of benzene rings is 1. The molecule has 2 N–H and O–H groups in total. The summed E-state index contributed by atoms with van der Waals surface area (Å²) in [5.41, 5.74) is 1.44. The van der Waals surface area contributed by atoms with Crippen molar-refractivity contribution < 1.29 is 33.5 Å². The molecule has 1 aromatic heterocycles. The molecule has 2 fully saturated rings. The second-order valence-corrected chi connectivity index (χ2v) is 9.11. The number of hydrogen-bond acceptors (Lipinski definition) is 7. The topological polar surface area (TPSA) is 109 Å². The van der Waals surface area contributed by atoms with Gasteiger partial charge in [-0.15, -0.1) is 0 Å². The number of nitrogens with zero attached hydrogens (tertiary/aromatic N) is 1. The number of imide groups is 1. The van der Waals surface area contributed by atoms with Gasteiger partial charge in [0.2, 0.25) is 11.8 Å². The number of carbonyl (C=O) groups is 2. The normalized spacial score (nSPS) is 26.7. The molecule has 0 saturated carbocycles. The lowest BCUT2D eigenvalue weighted by Gasteiger charge is -2.41. The number of amides is 2. The van der Waals surface area contributed by atoms with Crippen LogP contribution in [0.4, 0.5) is 0 Å². The highest BCUT2D eigenvalue weighted by Crippen LogP contribution is 2.51. The Labute approximate surface area is 198 Å². The molecule has 1 aromatic carbocycles. The van der Waals surface area contributed by atoms with E-state index in [0.717, 1.165) is 5.57 Å². The Kier molecular flexibility index (Phi) is 6.33. The molecule has 2 aliphatic heterocycles. The van der Waals surface area contributed by atoms with Crippen LogP contribution in [0.15, 0.2) is 57.9 Å². The number of ether oxygens (including phenoxy) is 1. The summed E-state index contributed by atoms with van der Waals surface area (Å²) < 4.78 is 17.6. The molecular formula is C25H28BNO7. The van der Waals surface area contributed by atoms with Crippen LogP contribution in [0.5, 0.6) is 5.75 Å². The molecule has 2 aromatic rings. The van der Waals surface area contributed by atoms with Crippen molar-refractivity contribution in [3.8, 4) is 5.75 Å². The van der Waals surface area contributed by atoms with E-state index >= 15 is 0 Å². The Bertz CT molecular complexity index is 1100. The molecule has 2 saturated heterocycles. The molecule has 5 rings (SSSR count). The third-order valence-corrected chi connectivity index (χ3v) is 7.06. The van der Waals surface area contributed by atoms with Gasteiger partial charge in [-0.25, -0.2) is 0 Å². The largest absolute Gasteiger partial charge is 0.489 e. The molecule has 4 atom stereocenters. The van der Waals surface area contributed by atoms with Crippen molar-refractivity contribution in [2.75, 3.05) is 13.2 Å². The summed E-state index contributed by atoms with van der Waals surface area (Å²) >= 11 is 0. The third kappa shape index (κ3) is 3.98. The first kappa shape index (κ1) is 22.9. The van der Waals surface area contributed by atoms with E-state index in [9.17, 15) is 19.7 Å². The Morgan fingerprint density at radius 2 is 1.91 bits per heavy atom. The number of fused-ring (bicyclic) bond motifs is 3. The molecule has 8 nitrogen and oxygen atoms in total. The maximum atomic E-state index is 13.4. The van der Waals surface area contributed by atoms with Gasteiger partial charge in [-0.2, -0.15) is 0 Å². The van der Waals surface area contributed by atoms with Gasteiger partial charge in [-0.1, -0.05) is 25.1 Å². The molecule has 2 amide bonds. The summed E-state index contributed by atoms with van der Waals surface area (Å²) in [6.07, 6.45) is 0.840. The summed E-state index contributed by atoms with van der Waals surface area (Å²) in [5, 5.41) is 20.4. The maximum Gasteiger partial charge on any atom is 0.487 e. The third-order valence-electron chi connectivity index (χ3n) is 7.06. The van der Waals surface area contributed by atoms with E-state index in [1.165, 1.54) is 4.90 Å². The Balaban J connectivity index is 1.49. The van der Waals surface area contributed by atoms with E-state index in [1.807, 2.05) is 37.3 Å². The van der Waals surface area contributed by atoms with Crippen molar-refractivity contribution in [3.05, 3.63) is 65.0 Å². The number of aliphatic hydroxyl groups is 1. The number of aliphatic hydroxyl groups excluding tert-OH is 1. The maximum absolute atomic E-state index is 13.4. The first-order chi connectivity index (χ1) is 16.5. The van der Waals surface area contributed by atoms with Gasteiger partial charge in [0.15, 0.2) is 0 Å². The SMILES string of the molecule is CCCN1C(=O)[C@H]2[C@H](CC(COc3ccccc3)=C3B(O)O[C@H](c4ccc(CO)o4)C[C@H]32)C1=O. The molecule has 0 unspecified atom stereocenters. The molecular weight excluding hydrogens is 437 g/mol. The van der Waals surface area contributed by atoms with Crippen molar-refractivity contribution in [1.82, 2.24) is 4.90 Å².